The first-order valence-electron chi connectivity index (χ1n) is 8.90. The van der Waals surface area contributed by atoms with Crippen LogP contribution in [0, 0.1) is 17.0 Å². The van der Waals surface area contributed by atoms with Gasteiger partial charge in [-0.1, -0.05) is 41.4 Å². The van der Waals surface area contributed by atoms with Gasteiger partial charge in [-0.05, 0) is 36.8 Å². The predicted octanol–water partition coefficient (Wildman–Crippen LogP) is 3.51. The van der Waals surface area contributed by atoms with Gasteiger partial charge in [-0.25, -0.2) is 9.97 Å². The Morgan fingerprint density at radius 3 is 2.09 bits per heavy atom. The second kappa shape index (κ2) is 9.90. The van der Waals surface area contributed by atoms with Gasteiger partial charge < -0.3 is 0 Å². The molecular weight excluding hydrogens is 461 g/mol. The molecule has 4 N–H and O–H groups in total. The third-order valence-electron chi connectivity index (χ3n) is 4.16. The number of anilines is 2. The lowest BCUT2D eigenvalue weighted by Crippen LogP contribution is -2.32. The van der Waals surface area contributed by atoms with Crippen LogP contribution in [0.1, 0.15) is 26.3 Å². The summed E-state index contributed by atoms with van der Waals surface area (Å²) >= 11 is 11.8. The number of amides is 2. The van der Waals surface area contributed by atoms with E-state index in [9.17, 15) is 19.7 Å². The van der Waals surface area contributed by atoms with Gasteiger partial charge in [-0.15, -0.1) is 0 Å². The Hall–Kier alpha value is -3.96. The van der Waals surface area contributed by atoms with Crippen molar-refractivity contribution >= 4 is 52.3 Å². The molecule has 13 heteroatoms. The maximum absolute atomic E-state index is 12.4. The van der Waals surface area contributed by atoms with Gasteiger partial charge in [-0.3, -0.25) is 41.4 Å². The van der Waals surface area contributed by atoms with Crippen LogP contribution in [0.3, 0.4) is 0 Å². The monoisotopic (exact) mass is 475 g/mol. The first-order valence-corrected chi connectivity index (χ1v) is 9.66. The number of rotatable bonds is 7. The smallest absolute Gasteiger partial charge is 0.276 e. The van der Waals surface area contributed by atoms with Gasteiger partial charge in [0.2, 0.25) is 11.6 Å². The molecule has 0 unspecified atom stereocenters. The summed E-state index contributed by atoms with van der Waals surface area (Å²) < 4.78 is 0. The normalized spacial score (nSPS) is 10.2. The molecule has 0 radical (unpaired) electrons. The fourth-order valence-electron chi connectivity index (χ4n) is 2.60. The zero-order valence-electron chi connectivity index (χ0n) is 16.3. The zero-order chi connectivity index (χ0) is 23.3. The lowest BCUT2D eigenvalue weighted by Gasteiger charge is -2.12. The fraction of sp³-hybridized carbons (Fsp3) is 0.0526. The highest BCUT2D eigenvalue weighted by Crippen LogP contribution is 2.28. The number of aromatic nitrogens is 2. The predicted molar refractivity (Wildman–Crippen MR) is 119 cm³/mol. The number of benzene rings is 2. The molecule has 0 fully saturated rings. The first-order chi connectivity index (χ1) is 15.3. The summed E-state index contributed by atoms with van der Waals surface area (Å²) in [5.74, 6) is -1.82. The van der Waals surface area contributed by atoms with E-state index in [0.29, 0.717) is 10.6 Å². The van der Waals surface area contributed by atoms with Crippen LogP contribution in [-0.2, 0) is 0 Å². The second-order valence-corrected chi connectivity index (χ2v) is 7.12. The van der Waals surface area contributed by atoms with Crippen LogP contribution in [0.4, 0.5) is 17.3 Å². The number of hydrogen-bond acceptors (Lipinski definition) is 8. The highest BCUT2D eigenvalue weighted by atomic mass is 35.5. The molecule has 0 aliphatic carbocycles. The van der Waals surface area contributed by atoms with E-state index in [2.05, 4.69) is 31.7 Å². The largest absolute Gasteiger partial charge is 0.356 e. The molecule has 0 bridgehead atoms. The number of halogens is 2. The summed E-state index contributed by atoms with van der Waals surface area (Å²) in [6.07, 6.45) is 1.01. The molecule has 3 aromatic rings. The van der Waals surface area contributed by atoms with Crippen LogP contribution in [0.15, 0.2) is 48.8 Å². The molecule has 0 aliphatic rings. The van der Waals surface area contributed by atoms with Crippen molar-refractivity contribution < 1.29 is 14.5 Å². The number of nitrogens with zero attached hydrogens (tertiary/aromatic N) is 3. The summed E-state index contributed by atoms with van der Waals surface area (Å²) in [5.41, 5.74) is 9.98. The van der Waals surface area contributed by atoms with Crippen molar-refractivity contribution in [2.45, 2.75) is 6.92 Å². The van der Waals surface area contributed by atoms with Crippen molar-refractivity contribution in [3.8, 4) is 0 Å². The van der Waals surface area contributed by atoms with E-state index < -0.39 is 22.4 Å². The van der Waals surface area contributed by atoms with Crippen LogP contribution in [0.5, 0.6) is 0 Å². The van der Waals surface area contributed by atoms with Gasteiger partial charge in [0, 0.05) is 10.6 Å². The van der Waals surface area contributed by atoms with Gasteiger partial charge in [-0.2, -0.15) is 0 Å². The molecule has 2 aromatic carbocycles. The van der Waals surface area contributed by atoms with Crippen molar-refractivity contribution in [3.05, 3.63) is 85.6 Å². The second-order valence-electron chi connectivity index (χ2n) is 6.27. The third-order valence-corrected chi connectivity index (χ3v) is 4.71. The summed E-state index contributed by atoms with van der Waals surface area (Å²) in [5, 5.41) is 12.0. The third kappa shape index (κ3) is 5.20. The maximum atomic E-state index is 12.4. The minimum atomic E-state index is -0.772. The summed E-state index contributed by atoms with van der Waals surface area (Å²) in [6.45, 7) is 1.75. The molecule has 0 atom stereocenters. The van der Waals surface area contributed by atoms with Gasteiger partial charge in [0.1, 0.15) is 6.33 Å². The molecule has 0 spiro atoms. The Kier molecular flexibility index (Phi) is 7.03. The van der Waals surface area contributed by atoms with Crippen molar-refractivity contribution in [1.29, 1.82) is 0 Å². The number of hydrazine groups is 2. The van der Waals surface area contributed by atoms with E-state index in [1.165, 1.54) is 18.2 Å². The van der Waals surface area contributed by atoms with Crippen LogP contribution in [0.2, 0.25) is 10.0 Å². The average Bonchev–Trinajstić information content (AvgIpc) is 2.75. The lowest BCUT2D eigenvalue weighted by atomic mass is 10.1. The van der Waals surface area contributed by atoms with Crippen molar-refractivity contribution in [2.75, 3.05) is 10.9 Å². The van der Waals surface area contributed by atoms with Crippen LogP contribution >= 0.6 is 23.2 Å². The van der Waals surface area contributed by atoms with Crippen molar-refractivity contribution in [2.24, 2.45) is 0 Å². The highest BCUT2D eigenvalue weighted by molar-refractivity contribution is 6.36. The Morgan fingerprint density at radius 1 is 0.938 bits per heavy atom. The Morgan fingerprint density at radius 2 is 1.53 bits per heavy atom. The van der Waals surface area contributed by atoms with Crippen LogP contribution in [-0.4, -0.2) is 26.7 Å². The zero-order valence-corrected chi connectivity index (χ0v) is 17.9. The average molecular weight is 476 g/mol. The standard InChI is InChI=1S/C19H15Cl2N7O4/c1-10-4-2-3-5-12(10)18(29)26-24-16-15(28(31)32)17(23-9-22-16)25-27-19(30)13-7-6-11(20)8-14(13)21/h2-9H,1H3,(H,26,29)(H,27,30)(H2,22,23,24,25). The number of nitro groups is 1. The fourth-order valence-corrected chi connectivity index (χ4v) is 3.10. The Labute approximate surface area is 191 Å². The quantitative estimate of drug-likeness (QED) is 0.299. The van der Waals surface area contributed by atoms with E-state index in [1.807, 2.05) is 0 Å². The topological polar surface area (TPSA) is 151 Å². The number of aryl methyl sites for hydroxylation is 1. The van der Waals surface area contributed by atoms with E-state index in [4.69, 9.17) is 23.2 Å². The maximum Gasteiger partial charge on any atom is 0.356 e. The molecular formula is C19H15Cl2N7O4. The summed E-state index contributed by atoms with van der Waals surface area (Å²) in [7, 11) is 0. The van der Waals surface area contributed by atoms with E-state index >= 15 is 0 Å². The number of carbonyl (C=O) groups is 2. The molecule has 11 nitrogen and oxygen atoms in total. The van der Waals surface area contributed by atoms with Crippen molar-refractivity contribution in [3.63, 3.8) is 0 Å². The SMILES string of the molecule is Cc1ccccc1C(=O)NNc1ncnc(NNC(=O)c2ccc(Cl)cc2Cl)c1[N+](=O)[O-]. The number of carbonyl (C=O) groups excluding carboxylic acids is 2. The van der Waals surface area contributed by atoms with Gasteiger partial charge in [0.25, 0.3) is 11.8 Å². The van der Waals surface area contributed by atoms with E-state index in [1.54, 1.807) is 31.2 Å². The first kappa shape index (κ1) is 22.7. The summed E-state index contributed by atoms with van der Waals surface area (Å²) in [4.78, 5) is 43.1. The Bertz CT molecular complexity index is 1210. The molecule has 2 amide bonds. The molecule has 0 saturated heterocycles. The van der Waals surface area contributed by atoms with Gasteiger partial charge in [0.15, 0.2) is 0 Å². The molecule has 1 heterocycles. The van der Waals surface area contributed by atoms with Crippen LogP contribution < -0.4 is 21.7 Å². The molecule has 164 valence electrons. The van der Waals surface area contributed by atoms with E-state index in [0.717, 1.165) is 11.9 Å². The minimum absolute atomic E-state index is 0.0871. The van der Waals surface area contributed by atoms with E-state index in [-0.39, 0.29) is 22.2 Å². The number of hydrogen-bond donors (Lipinski definition) is 4. The number of nitrogens with one attached hydrogen (secondary N) is 4. The molecule has 1 aromatic heterocycles. The minimum Gasteiger partial charge on any atom is -0.276 e. The summed E-state index contributed by atoms with van der Waals surface area (Å²) in [6, 6.07) is 11.1. The van der Waals surface area contributed by atoms with Crippen LogP contribution in [0.25, 0.3) is 0 Å². The van der Waals surface area contributed by atoms with Gasteiger partial charge in [0.05, 0.1) is 15.5 Å². The Balaban J connectivity index is 1.76. The molecule has 32 heavy (non-hydrogen) atoms. The molecule has 3 rings (SSSR count). The molecule has 0 aliphatic heterocycles. The highest BCUT2D eigenvalue weighted by Gasteiger charge is 2.24. The van der Waals surface area contributed by atoms with Crippen molar-refractivity contribution in [1.82, 2.24) is 20.8 Å². The van der Waals surface area contributed by atoms with Gasteiger partial charge >= 0.3 is 5.69 Å². The molecule has 0 saturated carbocycles. The lowest BCUT2D eigenvalue weighted by molar-refractivity contribution is -0.383.